The second-order valence-electron chi connectivity index (χ2n) is 10.3. The third-order valence-electron chi connectivity index (χ3n) is 7.29. The van der Waals surface area contributed by atoms with Crippen molar-refractivity contribution in [2.45, 2.75) is 38.0 Å². The van der Waals surface area contributed by atoms with Gasteiger partial charge in [-0.1, -0.05) is 30.3 Å². The van der Waals surface area contributed by atoms with Crippen LogP contribution in [-0.2, 0) is 38.0 Å². The van der Waals surface area contributed by atoms with E-state index in [-0.39, 0.29) is 41.6 Å². The summed E-state index contributed by atoms with van der Waals surface area (Å²) in [6.45, 7) is 0. The zero-order chi connectivity index (χ0) is 32.8. The maximum Gasteiger partial charge on any atom is 0.416 e. The first-order valence-corrected chi connectivity index (χ1v) is 13.6. The second kappa shape index (κ2) is 12.0. The zero-order valence-corrected chi connectivity index (χ0v) is 23.4. The molecular formula is C31H19F11N2S. The largest absolute Gasteiger partial charge is 0.416 e. The molecule has 0 heterocycles. The first kappa shape index (κ1) is 32.2. The number of hydrogen-bond acceptors (Lipinski definition) is 1. The highest BCUT2D eigenvalue weighted by Crippen LogP contribution is 2.38. The molecule has 2 nitrogen and oxygen atoms in total. The molecule has 4 aliphatic carbocycles. The number of anilines is 2. The summed E-state index contributed by atoms with van der Waals surface area (Å²) in [5.74, 6) is -10.4. The molecule has 0 aromatic heterocycles. The van der Waals surface area contributed by atoms with E-state index < -0.39 is 63.8 Å². The summed E-state index contributed by atoms with van der Waals surface area (Å²) in [7, 11) is 0. The lowest BCUT2D eigenvalue weighted by atomic mass is 9.89. The summed E-state index contributed by atoms with van der Waals surface area (Å²) in [5, 5.41) is 4.83. The molecule has 0 atom stereocenters. The molecule has 0 amide bonds. The minimum Gasteiger partial charge on any atom is -0.332 e. The molecule has 0 spiro atoms. The van der Waals surface area contributed by atoms with Gasteiger partial charge < -0.3 is 10.6 Å². The van der Waals surface area contributed by atoms with Crippen molar-refractivity contribution in [1.29, 1.82) is 0 Å². The Balaban J connectivity index is 1.46. The van der Waals surface area contributed by atoms with Crippen molar-refractivity contribution in [3.63, 3.8) is 0 Å². The van der Waals surface area contributed by atoms with Crippen molar-refractivity contribution in [1.82, 2.24) is 0 Å². The van der Waals surface area contributed by atoms with Crippen LogP contribution in [0.5, 0.6) is 0 Å². The lowest BCUT2D eigenvalue weighted by Gasteiger charge is -2.20. The van der Waals surface area contributed by atoms with Crippen LogP contribution < -0.4 is 10.6 Å². The summed E-state index contributed by atoms with van der Waals surface area (Å²) in [6, 6.07) is 10.7. The first-order valence-electron chi connectivity index (χ1n) is 13.2. The fraction of sp³-hybridized carbons (Fsp3) is 0.194. The number of rotatable bonds is 3. The molecule has 236 valence electrons. The lowest BCUT2D eigenvalue weighted by molar-refractivity contribution is -0.143. The van der Waals surface area contributed by atoms with Crippen LogP contribution in [-0.4, -0.2) is 5.11 Å². The molecule has 4 aromatic carbocycles. The van der Waals surface area contributed by atoms with Crippen LogP contribution in [0.15, 0.2) is 54.6 Å². The molecule has 45 heavy (non-hydrogen) atoms. The molecule has 4 aromatic rings. The van der Waals surface area contributed by atoms with Crippen LogP contribution in [0.4, 0.5) is 59.7 Å². The van der Waals surface area contributed by atoms with Gasteiger partial charge in [-0.15, -0.1) is 0 Å². The van der Waals surface area contributed by atoms with Gasteiger partial charge in [-0.2, -0.15) is 26.3 Å². The topological polar surface area (TPSA) is 24.1 Å². The summed E-state index contributed by atoms with van der Waals surface area (Å²) in [5.41, 5.74) is -2.45. The van der Waals surface area contributed by atoms with E-state index in [9.17, 15) is 48.3 Å². The monoisotopic (exact) mass is 660 g/mol. The minimum absolute atomic E-state index is 0.0136. The van der Waals surface area contributed by atoms with Crippen LogP contribution in [0, 0.1) is 29.1 Å². The van der Waals surface area contributed by atoms with Gasteiger partial charge in [0, 0.05) is 11.4 Å². The Hall–Kier alpha value is -4.20. The van der Waals surface area contributed by atoms with Crippen LogP contribution in [0.1, 0.15) is 33.4 Å². The fourth-order valence-corrected chi connectivity index (χ4v) is 5.28. The smallest absolute Gasteiger partial charge is 0.332 e. The standard InChI is InChI=1S/C31H19F11N2S/c32-24-23(25(33)27(35)28(36)26(24)34)21-9-14-1-2-15-4-6-17(8-7-16(21)5-3-14)22(10-15)44-29(45)43-20-12-18(30(37,38)39)11-19(13-20)31(40,41)42/h3-6,9-13H,1-2,7-8H2,(H2,43,44,45). The zero-order valence-electron chi connectivity index (χ0n) is 22.6. The normalized spacial score (nSPS) is 13.4. The summed E-state index contributed by atoms with van der Waals surface area (Å²) in [4.78, 5) is 0. The Morgan fingerprint density at radius 3 is 1.60 bits per heavy atom. The number of aryl methyl sites for hydroxylation is 4. The van der Waals surface area contributed by atoms with Gasteiger partial charge in [-0.3, -0.25) is 0 Å². The van der Waals surface area contributed by atoms with Crippen molar-refractivity contribution >= 4 is 28.7 Å². The van der Waals surface area contributed by atoms with E-state index in [1.54, 1.807) is 24.3 Å². The maximum absolute atomic E-state index is 14.8. The Labute approximate surface area is 253 Å². The van der Waals surface area contributed by atoms with Gasteiger partial charge in [0.25, 0.3) is 0 Å². The van der Waals surface area contributed by atoms with Crippen LogP contribution in [0.25, 0.3) is 11.1 Å². The summed E-state index contributed by atoms with van der Waals surface area (Å²) >= 11 is 5.21. The van der Waals surface area contributed by atoms with Crippen molar-refractivity contribution in [3.05, 3.63) is 117 Å². The Kier molecular flexibility index (Phi) is 8.55. The van der Waals surface area contributed by atoms with Crippen molar-refractivity contribution in [3.8, 4) is 11.1 Å². The molecule has 0 saturated heterocycles. The van der Waals surface area contributed by atoms with Crippen molar-refractivity contribution in [2.24, 2.45) is 0 Å². The van der Waals surface area contributed by atoms with Gasteiger partial charge in [-0.05, 0) is 90.0 Å². The summed E-state index contributed by atoms with van der Waals surface area (Å²) < 4.78 is 151. The Morgan fingerprint density at radius 2 is 1.04 bits per heavy atom. The first-order chi connectivity index (χ1) is 21.0. The molecule has 0 fully saturated rings. The van der Waals surface area contributed by atoms with Crippen LogP contribution >= 0.6 is 12.2 Å². The van der Waals surface area contributed by atoms with Gasteiger partial charge >= 0.3 is 12.4 Å². The predicted octanol–water partition coefficient (Wildman–Crippen LogP) is 9.78. The van der Waals surface area contributed by atoms with E-state index in [2.05, 4.69) is 10.6 Å². The van der Waals surface area contributed by atoms with E-state index in [0.717, 1.165) is 0 Å². The number of hydrogen-bond donors (Lipinski definition) is 2. The third kappa shape index (κ3) is 6.75. The maximum atomic E-state index is 14.8. The van der Waals surface area contributed by atoms with E-state index in [1.807, 2.05) is 0 Å². The molecule has 2 N–H and O–H groups in total. The number of thiocarbonyl (C=S) groups is 1. The third-order valence-corrected chi connectivity index (χ3v) is 7.49. The highest BCUT2D eigenvalue weighted by molar-refractivity contribution is 7.80. The van der Waals surface area contributed by atoms with Gasteiger partial charge in [-0.25, -0.2) is 22.0 Å². The van der Waals surface area contributed by atoms with E-state index in [1.165, 1.54) is 12.1 Å². The molecular weight excluding hydrogens is 641 g/mol. The molecule has 0 saturated carbocycles. The van der Waals surface area contributed by atoms with E-state index in [0.29, 0.717) is 40.9 Å². The summed E-state index contributed by atoms with van der Waals surface area (Å²) in [6.07, 6.45) is -9.32. The number of nitrogens with one attached hydrogen (secondary N) is 2. The number of benzene rings is 4. The SMILES string of the molecule is Fc1c(F)c(F)c(-c2cc3ccc2CCc2ccc(cc2NC(=S)Nc2cc(C(F)(F)F)cc(C(F)(F)F)c2)CC3)c(F)c1F. The number of halogens is 11. The highest BCUT2D eigenvalue weighted by Gasteiger charge is 2.37. The molecule has 0 aliphatic heterocycles. The quantitative estimate of drug-likeness (QED) is 0.0991. The Morgan fingerprint density at radius 1 is 0.556 bits per heavy atom. The average Bonchev–Trinajstić information content (AvgIpc) is 2.96. The predicted molar refractivity (Wildman–Crippen MR) is 149 cm³/mol. The average molecular weight is 661 g/mol. The molecule has 0 radical (unpaired) electrons. The van der Waals surface area contributed by atoms with Crippen LogP contribution in [0.3, 0.4) is 0 Å². The van der Waals surface area contributed by atoms with Crippen molar-refractivity contribution in [2.75, 3.05) is 10.6 Å². The van der Waals surface area contributed by atoms with Crippen molar-refractivity contribution < 1.29 is 48.3 Å². The van der Waals surface area contributed by atoms with Gasteiger partial charge in [0.2, 0.25) is 5.82 Å². The molecule has 0 unspecified atom stereocenters. The molecule has 4 bridgehead atoms. The molecule has 8 rings (SSSR count). The minimum atomic E-state index is -5.06. The van der Waals surface area contributed by atoms with Gasteiger partial charge in [0.05, 0.1) is 16.7 Å². The fourth-order valence-electron chi connectivity index (χ4n) is 5.05. The second-order valence-corrected chi connectivity index (χ2v) is 10.7. The number of alkyl halides is 6. The lowest BCUT2D eigenvalue weighted by Crippen LogP contribution is -2.21. The molecule has 4 aliphatic rings. The van der Waals surface area contributed by atoms with E-state index >= 15 is 0 Å². The van der Waals surface area contributed by atoms with Gasteiger partial charge in [0.15, 0.2) is 28.4 Å². The van der Waals surface area contributed by atoms with E-state index in [4.69, 9.17) is 12.2 Å². The van der Waals surface area contributed by atoms with Gasteiger partial charge in [0.1, 0.15) is 0 Å². The molecule has 14 heteroatoms. The Bertz CT molecular complexity index is 1750. The highest BCUT2D eigenvalue weighted by atomic mass is 32.1. The van der Waals surface area contributed by atoms with Crippen LogP contribution in [0.2, 0.25) is 0 Å².